The Labute approximate surface area is 320 Å². The number of primary amides is 2. The maximum absolute atomic E-state index is 13.6. The molecule has 0 unspecified atom stereocenters. The summed E-state index contributed by atoms with van der Waals surface area (Å²) < 4.78 is 64.7. The lowest BCUT2D eigenvalue weighted by atomic mass is 10.1. The van der Waals surface area contributed by atoms with Crippen LogP contribution in [0.1, 0.15) is 43.0 Å². The second-order valence-corrected chi connectivity index (χ2v) is 12.3. The lowest BCUT2D eigenvalue weighted by Crippen LogP contribution is -2.18. The molecule has 0 saturated heterocycles. The molecule has 0 saturated carbocycles. The average molecular weight is 767 g/mol. The molecule has 2 heterocycles. The fourth-order valence-electron chi connectivity index (χ4n) is 5.19. The molecule has 0 radical (unpaired) electrons. The van der Waals surface area contributed by atoms with Crippen molar-refractivity contribution in [1.82, 2.24) is 20.6 Å². The van der Waals surface area contributed by atoms with Gasteiger partial charge < -0.3 is 31.6 Å². The maximum atomic E-state index is 13.6. The minimum absolute atomic E-state index is 0.0427. The Bertz CT molecular complexity index is 2170. The Morgan fingerprint density at radius 3 is 1.41 bits per heavy atom. The Kier molecular flexibility index (Phi) is 14.6. The quantitative estimate of drug-likeness (QED) is 0.0598. The minimum atomic E-state index is -0.578. The van der Waals surface area contributed by atoms with E-state index < -0.39 is 35.1 Å². The molecule has 10 nitrogen and oxygen atoms in total. The molecular formula is C42H38F4N6O4. The number of nitrogens with zero attached hydrogens (tertiary/aromatic N) is 2. The van der Waals surface area contributed by atoms with Crippen LogP contribution in [-0.2, 0) is 25.9 Å². The molecule has 0 aliphatic rings. The van der Waals surface area contributed by atoms with Crippen LogP contribution >= 0.6 is 0 Å². The van der Waals surface area contributed by atoms with E-state index in [0.29, 0.717) is 66.0 Å². The molecule has 14 heteroatoms. The first-order chi connectivity index (χ1) is 27.0. The number of ether oxygens (including phenoxy) is 2. The van der Waals surface area contributed by atoms with Crippen molar-refractivity contribution in [3.63, 3.8) is 0 Å². The fourth-order valence-corrected chi connectivity index (χ4v) is 5.19. The maximum Gasteiger partial charge on any atom is 0.250 e. The summed E-state index contributed by atoms with van der Waals surface area (Å²) in [7, 11) is 0. The van der Waals surface area contributed by atoms with E-state index in [1.54, 1.807) is 36.4 Å². The number of nitrogens with one attached hydrogen (secondary N) is 2. The highest BCUT2D eigenvalue weighted by atomic mass is 19.1. The topological polar surface area (TPSA) is 154 Å². The van der Waals surface area contributed by atoms with Crippen molar-refractivity contribution in [3.8, 4) is 23.3 Å². The first-order valence-electron chi connectivity index (χ1n) is 17.4. The van der Waals surface area contributed by atoms with Gasteiger partial charge in [-0.05, 0) is 103 Å². The third-order valence-electron chi connectivity index (χ3n) is 8.13. The number of hydrogen-bond acceptors (Lipinski definition) is 8. The number of carbonyl (C=O) groups is 2. The largest absolute Gasteiger partial charge is 0.439 e. The van der Waals surface area contributed by atoms with Gasteiger partial charge in [0.1, 0.15) is 34.8 Å². The van der Waals surface area contributed by atoms with Gasteiger partial charge in [-0.25, -0.2) is 27.5 Å². The molecule has 0 atom stereocenters. The molecule has 0 fully saturated rings. The van der Waals surface area contributed by atoms with Gasteiger partial charge in [-0.3, -0.25) is 9.59 Å². The monoisotopic (exact) mass is 766 g/mol. The lowest BCUT2D eigenvalue weighted by Gasteiger charge is -2.08. The predicted octanol–water partition coefficient (Wildman–Crippen LogP) is 7.17. The van der Waals surface area contributed by atoms with E-state index >= 15 is 0 Å². The molecule has 4 aromatic carbocycles. The summed E-state index contributed by atoms with van der Waals surface area (Å²) in [6, 6.07) is 28.5. The molecule has 0 aliphatic heterocycles. The van der Waals surface area contributed by atoms with Gasteiger partial charge in [0, 0.05) is 49.2 Å². The average Bonchev–Trinajstić information content (AvgIpc) is 3.18. The van der Waals surface area contributed by atoms with Crippen molar-refractivity contribution < 1.29 is 36.6 Å². The Morgan fingerprint density at radius 2 is 1.00 bits per heavy atom. The second kappa shape index (κ2) is 20.2. The van der Waals surface area contributed by atoms with Crippen LogP contribution in [0, 0.1) is 23.3 Å². The van der Waals surface area contributed by atoms with Gasteiger partial charge in [0.15, 0.2) is 0 Å². The van der Waals surface area contributed by atoms with Crippen molar-refractivity contribution in [2.45, 2.75) is 25.9 Å². The summed E-state index contributed by atoms with van der Waals surface area (Å²) in [6.45, 7) is 1.76. The van der Waals surface area contributed by atoms with Crippen molar-refractivity contribution in [2.24, 2.45) is 11.5 Å². The van der Waals surface area contributed by atoms with E-state index in [0.717, 1.165) is 23.6 Å². The van der Waals surface area contributed by atoms with Gasteiger partial charge in [-0.1, -0.05) is 30.3 Å². The SMILES string of the molecule is NC(=O)c1ccc(Oc2ccc(CCNCc3c(F)cccc3F)cc2)nc1.NC(=O)c1ccc(Oc2ccc(CCNCc3cc(F)cc(F)c3)cc2)nc1. The molecule has 6 rings (SSSR count). The number of halogens is 4. The highest BCUT2D eigenvalue weighted by molar-refractivity contribution is 5.92. The van der Waals surface area contributed by atoms with Crippen molar-refractivity contribution >= 4 is 11.8 Å². The molecule has 288 valence electrons. The van der Waals surface area contributed by atoms with Crippen LogP contribution in [-0.4, -0.2) is 34.9 Å². The van der Waals surface area contributed by atoms with Crippen molar-refractivity contribution in [2.75, 3.05) is 13.1 Å². The third kappa shape index (κ3) is 12.7. The van der Waals surface area contributed by atoms with E-state index in [1.807, 2.05) is 36.4 Å². The molecular weight excluding hydrogens is 728 g/mol. The Balaban J connectivity index is 0.000000214. The number of pyridine rings is 2. The Morgan fingerprint density at radius 1 is 0.554 bits per heavy atom. The fraction of sp³-hybridized carbons (Fsp3) is 0.143. The number of hydrogen-bond donors (Lipinski definition) is 4. The first kappa shape index (κ1) is 40.5. The summed E-state index contributed by atoms with van der Waals surface area (Å²) in [5.74, 6) is -1.41. The molecule has 6 N–H and O–H groups in total. The first-order valence-corrected chi connectivity index (χ1v) is 17.4. The molecule has 0 spiro atoms. The highest BCUT2D eigenvalue weighted by Crippen LogP contribution is 2.22. The standard InChI is InChI=1S/2C21H19F2N3O2/c22-17-9-15(10-18(23)11-17)12-25-8-7-14-1-4-19(5-2-14)28-20-6-3-16(13-26-20)21(24)27;22-18-2-1-3-19(23)17(18)13-25-11-10-14-4-7-16(8-5-14)28-20-9-6-15(12-26-20)21(24)27/h1-6,9-11,13,25H,7-8,12H2,(H2,24,27);1-9,12,25H,10-11,13H2,(H2,24,27). The van der Waals surface area contributed by atoms with E-state index in [2.05, 4.69) is 20.6 Å². The number of nitrogens with two attached hydrogens (primary N) is 2. The van der Waals surface area contributed by atoms with E-state index in [4.69, 9.17) is 20.9 Å². The van der Waals surface area contributed by atoms with Gasteiger partial charge in [0.25, 0.3) is 0 Å². The normalized spacial score (nSPS) is 10.6. The zero-order valence-electron chi connectivity index (χ0n) is 30.0. The van der Waals surface area contributed by atoms with Crippen LogP contribution in [0.2, 0.25) is 0 Å². The number of aromatic nitrogens is 2. The van der Waals surface area contributed by atoms with Gasteiger partial charge in [-0.2, -0.15) is 0 Å². The Hall–Kier alpha value is -6.64. The van der Waals surface area contributed by atoms with Crippen molar-refractivity contribution in [3.05, 3.63) is 178 Å². The summed E-state index contributed by atoms with van der Waals surface area (Å²) in [4.78, 5) is 30.1. The van der Waals surface area contributed by atoms with Gasteiger partial charge in [-0.15, -0.1) is 0 Å². The van der Waals surface area contributed by atoms with Crippen LogP contribution in [0.4, 0.5) is 17.6 Å². The summed E-state index contributed by atoms with van der Waals surface area (Å²) in [5, 5.41) is 6.20. The van der Waals surface area contributed by atoms with Gasteiger partial charge >= 0.3 is 0 Å². The number of amides is 2. The summed E-state index contributed by atoms with van der Waals surface area (Å²) >= 11 is 0. The van der Waals surface area contributed by atoms with Crippen LogP contribution in [0.25, 0.3) is 0 Å². The van der Waals surface area contributed by atoms with Crippen LogP contribution in [0.3, 0.4) is 0 Å². The zero-order chi connectivity index (χ0) is 39.9. The van der Waals surface area contributed by atoms with E-state index in [-0.39, 0.29) is 12.1 Å². The summed E-state index contributed by atoms with van der Waals surface area (Å²) in [6.07, 6.45) is 4.17. The summed E-state index contributed by atoms with van der Waals surface area (Å²) in [5.41, 5.74) is 13.7. The molecule has 2 aromatic heterocycles. The number of benzene rings is 4. The van der Waals surface area contributed by atoms with Gasteiger partial charge in [0.2, 0.25) is 23.6 Å². The third-order valence-corrected chi connectivity index (χ3v) is 8.13. The van der Waals surface area contributed by atoms with E-state index in [9.17, 15) is 27.2 Å². The van der Waals surface area contributed by atoms with Crippen LogP contribution in [0.15, 0.2) is 122 Å². The van der Waals surface area contributed by atoms with Crippen LogP contribution < -0.4 is 31.6 Å². The van der Waals surface area contributed by atoms with Gasteiger partial charge in [0.05, 0.1) is 11.1 Å². The van der Waals surface area contributed by atoms with E-state index in [1.165, 1.54) is 42.7 Å². The number of carbonyl (C=O) groups excluding carboxylic acids is 2. The number of rotatable bonds is 16. The van der Waals surface area contributed by atoms with Crippen molar-refractivity contribution in [1.29, 1.82) is 0 Å². The second-order valence-electron chi connectivity index (χ2n) is 12.3. The van der Waals surface area contributed by atoms with Crippen LogP contribution in [0.5, 0.6) is 23.3 Å². The molecule has 0 aliphatic carbocycles. The molecule has 2 amide bonds. The molecule has 56 heavy (non-hydrogen) atoms. The zero-order valence-corrected chi connectivity index (χ0v) is 30.0. The predicted molar refractivity (Wildman–Crippen MR) is 202 cm³/mol. The molecule has 0 bridgehead atoms. The lowest BCUT2D eigenvalue weighted by molar-refractivity contribution is 0.0991. The minimum Gasteiger partial charge on any atom is -0.439 e. The highest BCUT2D eigenvalue weighted by Gasteiger charge is 2.08. The smallest absolute Gasteiger partial charge is 0.250 e. The molecule has 6 aromatic rings.